The van der Waals surface area contributed by atoms with Crippen LogP contribution in [0.1, 0.15) is 25.5 Å². The molecule has 3 N–H and O–H groups in total. The predicted molar refractivity (Wildman–Crippen MR) is 40.4 cm³/mol. The number of rotatable bonds is 3. The van der Waals surface area contributed by atoms with Gasteiger partial charge in [-0.05, 0) is 16.7 Å². The van der Waals surface area contributed by atoms with Crippen molar-refractivity contribution in [2.75, 3.05) is 5.73 Å². The van der Waals surface area contributed by atoms with E-state index in [4.69, 9.17) is 11.1 Å². The number of anilines is 1. The van der Waals surface area contributed by atoms with Gasteiger partial charge in [0.15, 0.2) is 11.5 Å². The summed E-state index contributed by atoms with van der Waals surface area (Å²) in [5.74, 6) is 0.198. The molecule has 1 heterocycles. The molecule has 0 saturated heterocycles. The molecular weight excluding hydrogens is 144 g/mol. The van der Waals surface area contributed by atoms with Crippen molar-refractivity contribution in [2.24, 2.45) is 0 Å². The lowest BCUT2D eigenvalue weighted by atomic mass is 10.2. The zero-order valence-electron chi connectivity index (χ0n) is 6.29. The first-order chi connectivity index (χ1) is 5.25. The molecule has 1 aromatic heterocycles. The molecule has 1 rings (SSSR count). The van der Waals surface area contributed by atoms with Gasteiger partial charge in [-0.3, -0.25) is 0 Å². The van der Waals surface area contributed by atoms with Crippen LogP contribution in [0, 0.1) is 5.41 Å². The molecule has 0 amide bonds. The Labute approximate surface area is 64.1 Å². The fourth-order valence-electron chi connectivity index (χ4n) is 0.773. The van der Waals surface area contributed by atoms with Gasteiger partial charge in [0, 0.05) is 0 Å². The van der Waals surface area contributed by atoms with Crippen LogP contribution in [0.15, 0.2) is 4.63 Å². The number of nitrogens with one attached hydrogen (secondary N) is 1. The molecule has 5 heteroatoms. The van der Waals surface area contributed by atoms with E-state index < -0.39 is 0 Å². The minimum atomic E-state index is 0.198. The van der Waals surface area contributed by atoms with Gasteiger partial charge in [0.2, 0.25) is 0 Å². The molecular formula is C6H10N4O. The van der Waals surface area contributed by atoms with Crippen molar-refractivity contribution in [1.29, 1.82) is 5.41 Å². The van der Waals surface area contributed by atoms with Crippen LogP contribution in [-0.2, 0) is 0 Å². The Morgan fingerprint density at radius 3 is 2.82 bits per heavy atom. The highest BCUT2D eigenvalue weighted by atomic mass is 16.6. The molecule has 60 valence electrons. The minimum absolute atomic E-state index is 0.198. The molecule has 0 radical (unpaired) electrons. The average Bonchev–Trinajstić information content (AvgIpc) is 2.36. The summed E-state index contributed by atoms with van der Waals surface area (Å²) in [5, 5.41) is 14.3. The van der Waals surface area contributed by atoms with Crippen LogP contribution in [-0.4, -0.2) is 16.0 Å². The van der Waals surface area contributed by atoms with Crippen LogP contribution in [0.5, 0.6) is 0 Å². The lowest BCUT2D eigenvalue weighted by Crippen LogP contribution is -2.02. The summed E-state index contributed by atoms with van der Waals surface area (Å²) in [6.45, 7) is 1.98. The topological polar surface area (TPSA) is 88.8 Å². The second-order valence-electron chi connectivity index (χ2n) is 2.23. The van der Waals surface area contributed by atoms with Crippen molar-refractivity contribution in [1.82, 2.24) is 10.3 Å². The third-order valence-electron chi connectivity index (χ3n) is 1.30. The van der Waals surface area contributed by atoms with Crippen LogP contribution in [0.4, 0.5) is 5.82 Å². The normalized spacial score (nSPS) is 9.91. The third kappa shape index (κ3) is 1.54. The number of nitrogens with two attached hydrogens (primary N) is 1. The molecule has 0 atom stereocenters. The van der Waals surface area contributed by atoms with Crippen LogP contribution >= 0.6 is 0 Å². The molecule has 0 bridgehead atoms. The van der Waals surface area contributed by atoms with Crippen LogP contribution in [0.3, 0.4) is 0 Å². The second kappa shape index (κ2) is 3.14. The standard InChI is InChI=1S/C6H10N4O/c1-2-3-4(7)5-6(8)10-11-9-5/h7H,2-3H2,1H3,(H2,8,10). The summed E-state index contributed by atoms with van der Waals surface area (Å²) in [7, 11) is 0. The molecule has 11 heavy (non-hydrogen) atoms. The van der Waals surface area contributed by atoms with E-state index in [0.29, 0.717) is 17.8 Å². The van der Waals surface area contributed by atoms with E-state index in [2.05, 4.69) is 14.9 Å². The summed E-state index contributed by atoms with van der Waals surface area (Å²) in [6.07, 6.45) is 1.55. The van der Waals surface area contributed by atoms with Gasteiger partial charge in [0.05, 0.1) is 5.71 Å². The van der Waals surface area contributed by atoms with Crippen LogP contribution < -0.4 is 5.73 Å². The molecule has 0 aliphatic carbocycles. The van der Waals surface area contributed by atoms with Crippen molar-refractivity contribution in [3.63, 3.8) is 0 Å². The van der Waals surface area contributed by atoms with E-state index in [1.165, 1.54) is 0 Å². The minimum Gasteiger partial charge on any atom is -0.379 e. The van der Waals surface area contributed by atoms with E-state index in [0.717, 1.165) is 6.42 Å². The Morgan fingerprint density at radius 1 is 1.64 bits per heavy atom. The van der Waals surface area contributed by atoms with Crippen LogP contribution in [0.2, 0.25) is 0 Å². The van der Waals surface area contributed by atoms with Gasteiger partial charge in [-0.1, -0.05) is 13.3 Å². The molecule has 0 aliphatic rings. The van der Waals surface area contributed by atoms with E-state index in [-0.39, 0.29) is 5.82 Å². The Bertz CT molecular complexity index is 255. The molecule has 0 fully saturated rings. The fourth-order valence-corrected chi connectivity index (χ4v) is 0.773. The number of hydrogen-bond donors (Lipinski definition) is 2. The van der Waals surface area contributed by atoms with Crippen molar-refractivity contribution in [3.05, 3.63) is 5.69 Å². The van der Waals surface area contributed by atoms with Crippen molar-refractivity contribution in [2.45, 2.75) is 19.8 Å². The van der Waals surface area contributed by atoms with E-state index >= 15 is 0 Å². The highest BCUT2D eigenvalue weighted by Gasteiger charge is 2.10. The molecule has 0 aliphatic heterocycles. The maximum absolute atomic E-state index is 7.44. The van der Waals surface area contributed by atoms with Gasteiger partial charge in [-0.15, -0.1) is 0 Å². The summed E-state index contributed by atoms with van der Waals surface area (Å²) in [5.41, 5.74) is 6.11. The number of aromatic nitrogens is 2. The Balaban J connectivity index is 2.76. The third-order valence-corrected chi connectivity index (χ3v) is 1.30. The van der Waals surface area contributed by atoms with Gasteiger partial charge in [0.25, 0.3) is 0 Å². The maximum Gasteiger partial charge on any atom is 0.197 e. The van der Waals surface area contributed by atoms with E-state index in [1.807, 2.05) is 6.92 Å². The summed E-state index contributed by atoms with van der Waals surface area (Å²) in [4.78, 5) is 0. The largest absolute Gasteiger partial charge is 0.379 e. The lowest BCUT2D eigenvalue weighted by Gasteiger charge is -1.94. The number of hydrogen-bond acceptors (Lipinski definition) is 5. The first-order valence-corrected chi connectivity index (χ1v) is 3.41. The molecule has 1 aromatic rings. The van der Waals surface area contributed by atoms with Crippen molar-refractivity contribution < 1.29 is 4.63 Å². The predicted octanol–water partition coefficient (Wildman–Crippen LogP) is 0.820. The Morgan fingerprint density at radius 2 is 2.36 bits per heavy atom. The molecule has 0 saturated carbocycles. The zero-order valence-corrected chi connectivity index (χ0v) is 6.29. The summed E-state index contributed by atoms with van der Waals surface area (Å²) >= 11 is 0. The Kier molecular flexibility index (Phi) is 2.20. The SMILES string of the molecule is CCCC(=N)c1nonc1N. The molecule has 5 nitrogen and oxygen atoms in total. The monoisotopic (exact) mass is 154 g/mol. The van der Waals surface area contributed by atoms with Gasteiger partial charge in [-0.2, -0.15) is 0 Å². The van der Waals surface area contributed by atoms with Crippen LogP contribution in [0.25, 0.3) is 0 Å². The smallest absolute Gasteiger partial charge is 0.197 e. The first-order valence-electron chi connectivity index (χ1n) is 3.41. The molecule has 0 aromatic carbocycles. The zero-order chi connectivity index (χ0) is 8.27. The van der Waals surface area contributed by atoms with Gasteiger partial charge in [0.1, 0.15) is 0 Å². The number of nitrogen functional groups attached to an aromatic ring is 1. The second-order valence-corrected chi connectivity index (χ2v) is 2.23. The van der Waals surface area contributed by atoms with Crippen molar-refractivity contribution >= 4 is 11.5 Å². The highest BCUT2D eigenvalue weighted by molar-refractivity contribution is 5.99. The quantitative estimate of drug-likeness (QED) is 0.631. The van der Waals surface area contributed by atoms with E-state index in [9.17, 15) is 0 Å². The highest BCUT2D eigenvalue weighted by Crippen LogP contribution is 2.07. The van der Waals surface area contributed by atoms with Crippen molar-refractivity contribution in [3.8, 4) is 0 Å². The van der Waals surface area contributed by atoms with Gasteiger partial charge < -0.3 is 11.1 Å². The first kappa shape index (κ1) is 7.71. The lowest BCUT2D eigenvalue weighted by molar-refractivity contribution is 0.308. The average molecular weight is 154 g/mol. The fraction of sp³-hybridized carbons (Fsp3) is 0.500. The van der Waals surface area contributed by atoms with Gasteiger partial charge >= 0.3 is 0 Å². The van der Waals surface area contributed by atoms with Gasteiger partial charge in [-0.25, -0.2) is 4.63 Å². The maximum atomic E-state index is 7.44. The molecule has 0 spiro atoms. The van der Waals surface area contributed by atoms with E-state index in [1.54, 1.807) is 0 Å². The Hall–Kier alpha value is -1.39. The number of nitrogens with zero attached hydrogens (tertiary/aromatic N) is 2. The summed E-state index contributed by atoms with van der Waals surface area (Å²) < 4.78 is 4.35. The molecule has 0 unspecified atom stereocenters. The summed E-state index contributed by atoms with van der Waals surface area (Å²) in [6, 6.07) is 0.